The van der Waals surface area contributed by atoms with Crippen molar-refractivity contribution in [3.63, 3.8) is 0 Å². The Morgan fingerprint density at radius 2 is 1.88 bits per heavy atom. The number of benzene rings is 1. The molecule has 0 amide bonds. The normalized spacial score (nSPS) is 16.7. The van der Waals surface area contributed by atoms with E-state index in [0.717, 1.165) is 32.8 Å². The number of hydrogen-bond acceptors (Lipinski definition) is 6. The number of hydrogen-bond donors (Lipinski definition) is 2. The Morgan fingerprint density at radius 1 is 1.20 bits per heavy atom. The standard InChI is InChI=1S/C18H30BNO5/c1-17(2,21)18(3,4)25-19(22)15-6-5-7-16(14-15)24-13-10-20-8-11-23-12-9-20/h5-7,14,21-22H,8-13H2,1-4H3. The Balaban J connectivity index is 1.89. The van der Waals surface area contributed by atoms with Gasteiger partial charge in [0.1, 0.15) is 12.4 Å². The Kier molecular flexibility index (Phi) is 6.88. The van der Waals surface area contributed by atoms with Crippen molar-refractivity contribution in [3.05, 3.63) is 24.3 Å². The van der Waals surface area contributed by atoms with Crippen molar-refractivity contribution in [2.45, 2.75) is 38.9 Å². The van der Waals surface area contributed by atoms with E-state index >= 15 is 0 Å². The van der Waals surface area contributed by atoms with Gasteiger partial charge in [0.2, 0.25) is 0 Å². The van der Waals surface area contributed by atoms with Crippen molar-refractivity contribution in [1.29, 1.82) is 0 Å². The number of aliphatic hydroxyl groups is 1. The molecule has 0 unspecified atom stereocenters. The molecule has 0 bridgehead atoms. The molecule has 140 valence electrons. The van der Waals surface area contributed by atoms with Crippen molar-refractivity contribution in [3.8, 4) is 5.75 Å². The molecule has 1 heterocycles. The SMILES string of the molecule is CC(C)(O)C(C)(C)OB(O)c1cccc(OCCN2CCOCC2)c1. The van der Waals surface area contributed by atoms with Crippen LogP contribution in [-0.2, 0) is 9.39 Å². The zero-order chi connectivity index (χ0) is 18.5. The molecule has 0 saturated carbocycles. The maximum Gasteiger partial charge on any atom is 0.491 e. The molecule has 7 heteroatoms. The van der Waals surface area contributed by atoms with Crippen LogP contribution in [0.25, 0.3) is 0 Å². The quantitative estimate of drug-likeness (QED) is 0.671. The van der Waals surface area contributed by atoms with Crippen molar-refractivity contribution < 1.29 is 24.3 Å². The van der Waals surface area contributed by atoms with E-state index in [2.05, 4.69) is 4.90 Å². The lowest BCUT2D eigenvalue weighted by Gasteiger charge is -2.38. The van der Waals surface area contributed by atoms with E-state index in [1.165, 1.54) is 0 Å². The summed E-state index contributed by atoms with van der Waals surface area (Å²) in [7, 11) is -1.13. The highest BCUT2D eigenvalue weighted by Gasteiger charge is 2.39. The first-order chi connectivity index (χ1) is 11.7. The molecular weight excluding hydrogens is 321 g/mol. The summed E-state index contributed by atoms with van der Waals surface area (Å²) in [4.78, 5) is 2.30. The van der Waals surface area contributed by atoms with E-state index in [0.29, 0.717) is 17.8 Å². The smallest absolute Gasteiger partial charge is 0.491 e. The summed E-state index contributed by atoms with van der Waals surface area (Å²) in [6.45, 7) is 11.7. The fourth-order valence-electron chi connectivity index (χ4n) is 2.37. The first-order valence-electron chi connectivity index (χ1n) is 8.80. The van der Waals surface area contributed by atoms with Gasteiger partial charge in [-0.3, -0.25) is 4.90 Å². The van der Waals surface area contributed by atoms with E-state index in [4.69, 9.17) is 14.1 Å². The second-order valence-electron chi connectivity index (χ2n) is 7.41. The fourth-order valence-corrected chi connectivity index (χ4v) is 2.37. The van der Waals surface area contributed by atoms with E-state index in [9.17, 15) is 10.1 Å². The average molecular weight is 351 g/mol. The predicted octanol–water partition coefficient (Wildman–Crippen LogP) is 0.651. The molecular formula is C18H30BNO5. The third-order valence-corrected chi connectivity index (χ3v) is 4.80. The van der Waals surface area contributed by atoms with Crippen LogP contribution in [0.3, 0.4) is 0 Å². The molecule has 0 atom stereocenters. The fraction of sp³-hybridized carbons (Fsp3) is 0.667. The van der Waals surface area contributed by atoms with Gasteiger partial charge in [0.25, 0.3) is 0 Å². The summed E-state index contributed by atoms with van der Waals surface area (Å²) >= 11 is 0. The third kappa shape index (κ3) is 5.97. The summed E-state index contributed by atoms with van der Waals surface area (Å²) in [5.74, 6) is 0.689. The molecule has 1 aliphatic heterocycles. The largest absolute Gasteiger partial charge is 0.492 e. The molecule has 1 aromatic carbocycles. The lowest BCUT2D eigenvalue weighted by molar-refractivity contribution is -0.0982. The Hall–Kier alpha value is -1.12. The lowest BCUT2D eigenvalue weighted by Crippen LogP contribution is -2.53. The molecule has 1 fully saturated rings. The summed E-state index contributed by atoms with van der Waals surface area (Å²) in [6, 6.07) is 7.23. The minimum Gasteiger partial charge on any atom is -0.492 e. The van der Waals surface area contributed by atoms with Crippen LogP contribution in [-0.4, -0.2) is 72.8 Å². The van der Waals surface area contributed by atoms with Crippen LogP contribution in [0.15, 0.2) is 24.3 Å². The van der Waals surface area contributed by atoms with Crippen LogP contribution in [0.5, 0.6) is 5.75 Å². The van der Waals surface area contributed by atoms with Gasteiger partial charge in [-0.15, -0.1) is 0 Å². The van der Waals surface area contributed by atoms with Gasteiger partial charge in [0.05, 0.1) is 24.4 Å². The van der Waals surface area contributed by atoms with Gasteiger partial charge in [-0.25, -0.2) is 0 Å². The van der Waals surface area contributed by atoms with Crippen LogP contribution in [0, 0.1) is 0 Å². The van der Waals surface area contributed by atoms with Crippen molar-refractivity contribution in [2.75, 3.05) is 39.5 Å². The molecule has 2 rings (SSSR count). The summed E-state index contributed by atoms with van der Waals surface area (Å²) in [6.07, 6.45) is 0. The van der Waals surface area contributed by atoms with Gasteiger partial charge in [0.15, 0.2) is 0 Å². The Labute approximate surface area is 150 Å². The van der Waals surface area contributed by atoms with Gasteiger partial charge in [-0.1, -0.05) is 12.1 Å². The maximum absolute atomic E-state index is 10.4. The number of ether oxygens (including phenoxy) is 2. The van der Waals surface area contributed by atoms with Gasteiger partial charge < -0.3 is 24.3 Å². The highest BCUT2D eigenvalue weighted by molar-refractivity contribution is 6.60. The molecule has 1 aromatic rings. The maximum atomic E-state index is 10.4. The first kappa shape index (κ1) is 20.2. The zero-order valence-electron chi connectivity index (χ0n) is 15.7. The average Bonchev–Trinajstić information content (AvgIpc) is 2.55. The molecule has 1 saturated heterocycles. The summed E-state index contributed by atoms with van der Waals surface area (Å²) in [5, 5.41) is 20.5. The molecule has 0 spiro atoms. The topological polar surface area (TPSA) is 71.4 Å². The van der Waals surface area contributed by atoms with Crippen LogP contribution in [0.4, 0.5) is 0 Å². The molecule has 6 nitrogen and oxygen atoms in total. The Bertz CT molecular complexity index is 541. The second-order valence-corrected chi connectivity index (χ2v) is 7.41. The number of nitrogens with zero attached hydrogens (tertiary/aromatic N) is 1. The van der Waals surface area contributed by atoms with Crippen LogP contribution in [0.1, 0.15) is 27.7 Å². The van der Waals surface area contributed by atoms with E-state index in [1.807, 2.05) is 12.1 Å². The van der Waals surface area contributed by atoms with Gasteiger partial charge >= 0.3 is 7.12 Å². The van der Waals surface area contributed by atoms with Gasteiger partial charge in [-0.05, 0) is 45.3 Å². The minimum absolute atomic E-state index is 0.579. The monoisotopic (exact) mass is 351 g/mol. The number of rotatable bonds is 8. The van der Waals surface area contributed by atoms with Crippen LogP contribution in [0.2, 0.25) is 0 Å². The second kappa shape index (κ2) is 8.51. The molecule has 0 aliphatic carbocycles. The summed E-state index contributed by atoms with van der Waals surface area (Å²) in [5.41, 5.74) is -1.39. The minimum atomic E-state index is -1.13. The molecule has 25 heavy (non-hydrogen) atoms. The van der Waals surface area contributed by atoms with Gasteiger partial charge in [0, 0.05) is 19.6 Å². The molecule has 0 radical (unpaired) electrons. The van der Waals surface area contributed by atoms with Crippen molar-refractivity contribution in [2.24, 2.45) is 0 Å². The Morgan fingerprint density at radius 3 is 2.52 bits per heavy atom. The van der Waals surface area contributed by atoms with Crippen molar-refractivity contribution in [1.82, 2.24) is 4.90 Å². The highest BCUT2D eigenvalue weighted by atomic mass is 16.5. The lowest BCUT2D eigenvalue weighted by atomic mass is 9.76. The molecule has 2 N–H and O–H groups in total. The van der Waals surface area contributed by atoms with Crippen LogP contribution < -0.4 is 10.2 Å². The van der Waals surface area contributed by atoms with E-state index in [-0.39, 0.29) is 0 Å². The molecule has 0 aromatic heterocycles. The van der Waals surface area contributed by atoms with Crippen molar-refractivity contribution >= 4 is 12.6 Å². The highest BCUT2D eigenvalue weighted by Crippen LogP contribution is 2.25. The van der Waals surface area contributed by atoms with E-state index in [1.54, 1.807) is 39.8 Å². The first-order valence-corrected chi connectivity index (χ1v) is 8.80. The summed E-state index contributed by atoms with van der Waals surface area (Å²) < 4.78 is 16.8. The predicted molar refractivity (Wildman–Crippen MR) is 98.3 cm³/mol. The van der Waals surface area contributed by atoms with Crippen LogP contribution >= 0.6 is 0 Å². The number of morpholine rings is 1. The molecule has 1 aliphatic rings. The zero-order valence-corrected chi connectivity index (χ0v) is 15.7. The van der Waals surface area contributed by atoms with E-state index < -0.39 is 18.3 Å². The third-order valence-electron chi connectivity index (χ3n) is 4.80. The van der Waals surface area contributed by atoms with Gasteiger partial charge in [-0.2, -0.15) is 0 Å².